The SMILES string of the molecule is CC(N)CC(O)C(F)(F)C(=O)ON(C)C. The summed E-state index contributed by atoms with van der Waals surface area (Å²) in [5.74, 6) is -5.74. The molecule has 0 saturated heterocycles. The zero-order valence-corrected chi connectivity index (χ0v) is 8.91. The van der Waals surface area contributed by atoms with Crippen LogP contribution in [-0.2, 0) is 9.63 Å². The number of alkyl halides is 2. The van der Waals surface area contributed by atoms with Gasteiger partial charge in [-0.05, 0) is 13.3 Å². The zero-order chi connectivity index (χ0) is 12.2. The quantitative estimate of drug-likeness (QED) is 0.632. The highest BCUT2D eigenvalue weighted by atomic mass is 19.3. The van der Waals surface area contributed by atoms with Gasteiger partial charge < -0.3 is 15.7 Å². The summed E-state index contributed by atoms with van der Waals surface area (Å²) in [6.45, 7) is 1.45. The second-order valence-corrected chi connectivity index (χ2v) is 3.54. The summed E-state index contributed by atoms with van der Waals surface area (Å²) in [4.78, 5) is 15.0. The molecule has 0 aromatic heterocycles. The number of halogens is 2. The minimum atomic E-state index is -3.95. The number of aliphatic hydroxyl groups is 1. The van der Waals surface area contributed by atoms with E-state index in [4.69, 9.17) is 10.8 Å². The highest BCUT2D eigenvalue weighted by Gasteiger charge is 2.49. The van der Waals surface area contributed by atoms with Gasteiger partial charge in [0.1, 0.15) is 6.10 Å². The first-order valence-corrected chi connectivity index (χ1v) is 4.39. The minimum Gasteiger partial charge on any atom is -0.386 e. The number of hydrogen-bond acceptors (Lipinski definition) is 5. The van der Waals surface area contributed by atoms with Crippen LogP contribution in [0.5, 0.6) is 0 Å². The molecule has 0 bridgehead atoms. The lowest BCUT2D eigenvalue weighted by molar-refractivity contribution is -0.220. The number of nitrogens with zero attached hydrogens (tertiary/aromatic N) is 1. The number of nitrogens with two attached hydrogens (primary N) is 1. The predicted molar refractivity (Wildman–Crippen MR) is 49.0 cm³/mol. The maximum Gasteiger partial charge on any atom is 0.398 e. The van der Waals surface area contributed by atoms with Crippen LogP contribution >= 0.6 is 0 Å². The molecule has 2 atom stereocenters. The molecule has 0 fully saturated rings. The fourth-order valence-corrected chi connectivity index (χ4v) is 0.863. The van der Waals surface area contributed by atoms with E-state index in [-0.39, 0.29) is 6.42 Å². The summed E-state index contributed by atoms with van der Waals surface area (Å²) in [6.07, 6.45) is -2.51. The van der Waals surface area contributed by atoms with E-state index in [9.17, 15) is 13.6 Å². The van der Waals surface area contributed by atoms with Gasteiger partial charge in [0.25, 0.3) is 0 Å². The Morgan fingerprint density at radius 3 is 2.40 bits per heavy atom. The van der Waals surface area contributed by atoms with Crippen LogP contribution in [0.25, 0.3) is 0 Å². The zero-order valence-electron chi connectivity index (χ0n) is 8.91. The minimum absolute atomic E-state index is 0.379. The second kappa shape index (κ2) is 5.34. The molecule has 0 amide bonds. The molecule has 0 heterocycles. The lowest BCUT2D eigenvalue weighted by atomic mass is 10.1. The van der Waals surface area contributed by atoms with Gasteiger partial charge in [0.05, 0.1) is 0 Å². The van der Waals surface area contributed by atoms with Gasteiger partial charge in [-0.2, -0.15) is 8.78 Å². The third-order valence-corrected chi connectivity index (χ3v) is 1.55. The van der Waals surface area contributed by atoms with Crippen LogP contribution in [0.2, 0.25) is 0 Å². The monoisotopic (exact) mass is 226 g/mol. The Kier molecular flexibility index (Phi) is 5.06. The molecule has 0 aliphatic carbocycles. The van der Waals surface area contributed by atoms with Crippen LogP contribution in [0.15, 0.2) is 0 Å². The Labute approximate surface area is 86.7 Å². The van der Waals surface area contributed by atoms with Crippen molar-refractivity contribution in [1.82, 2.24) is 5.06 Å². The number of aliphatic hydroxyl groups excluding tert-OH is 1. The summed E-state index contributed by atoms with van der Waals surface area (Å²) < 4.78 is 26.2. The van der Waals surface area contributed by atoms with Crippen LogP contribution in [0, 0.1) is 0 Å². The first kappa shape index (κ1) is 14.2. The molecule has 0 spiro atoms. The van der Waals surface area contributed by atoms with E-state index >= 15 is 0 Å². The van der Waals surface area contributed by atoms with Gasteiger partial charge in [-0.15, -0.1) is 5.06 Å². The van der Waals surface area contributed by atoms with Crippen LogP contribution in [0.3, 0.4) is 0 Å². The highest BCUT2D eigenvalue weighted by molar-refractivity contribution is 5.78. The maximum absolute atomic E-state index is 13.1. The number of hydroxylamine groups is 2. The van der Waals surface area contributed by atoms with E-state index in [1.54, 1.807) is 0 Å². The Morgan fingerprint density at radius 1 is 1.60 bits per heavy atom. The van der Waals surface area contributed by atoms with Gasteiger partial charge in [-0.1, -0.05) is 0 Å². The first-order chi connectivity index (χ1) is 6.67. The van der Waals surface area contributed by atoms with Crippen molar-refractivity contribution in [2.45, 2.75) is 31.4 Å². The van der Waals surface area contributed by atoms with Gasteiger partial charge in [-0.3, -0.25) is 0 Å². The topological polar surface area (TPSA) is 75.8 Å². The molecule has 0 aromatic rings. The standard InChI is InChI=1S/C8H16F2N2O3/c1-5(11)4-6(13)8(9,10)7(14)15-12(2)3/h5-6,13H,4,11H2,1-3H3. The van der Waals surface area contributed by atoms with Crippen molar-refractivity contribution in [1.29, 1.82) is 0 Å². The molecule has 90 valence electrons. The molecular weight excluding hydrogens is 210 g/mol. The van der Waals surface area contributed by atoms with E-state index in [1.807, 2.05) is 0 Å². The molecular formula is C8H16F2N2O3. The third kappa shape index (κ3) is 4.50. The van der Waals surface area contributed by atoms with Crippen molar-refractivity contribution < 1.29 is 23.5 Å². The van der Waals surface area contributed by atoms with Gasteiger partial charge in [-0.25, -0.2) is 4.79 Å². The number of hydrogen-bond donors (Lipinski definition) is 2. The molecule has 0 aliphatic heterocycles. The lowest BCUT2D eigenvalue weighted by Gasteiger charge is -2.23. The molecule has 15 heavy (non-hydrogen) atoms. The van der Waals surface area contributed by atoms with E-state index in [2.05, 4.69) is 4.84 Å². The first-order valence-electron chi connectivity index (χ1n) is 4.39. The number of carbonyl (C=O) groups is 1. The smallest absolute Gasteiger partial charge is 0.386 e. The predicted octanol–water partition coefficient (Wildman–Crippen LogP) is -0.260. The molecule has 0 saturated carbocycles. The van der Waals surface area contributed by atoms with Gasteiger partial charge >= 0.3 is 11.9 Å². The van der Waals surface area contributed by atoms with Crippen molar-refractivity contribution in [2.75, 3.05) is 14.1 Å². The van der Waals surface area contributed by atoms with Crippen LogP contribution < -0.4 is 5.73 Å². The molecule has 0 aromatic carbocycles. The Balaban J connectivity index is 4.44. The fourth-order valence-electron chi connectivity index (χ4n) is 0.863. The number of carbonyl (C=O) groups excluding carboxylic acids is 1. The Bertz CT molecular complexity index is 222. The number of rotatable bonds is 5. The lowest BCUT2D eigenvalue weighted by Crippen LogP contribution is -2.46. The van der Waals surface area contributed by atoms with Crippen molar-refractivity contribution in [2.24, 2.45) is 5.73 Å². The van der Waals surface area contributed by atoms with E-state index < -0.39 is 24.0 Å². The molecule has 3 N–H and O–H groups in total. The van der Waals surface area contributed by atoms with Crippen LogP contribution in [0.4, 0.5) is 8.78 Å². The molecule has 2 unspecified atom stereocenters. The largest absolute Gasteiger partial charge is 0.398 e. The van der Waals surface area contributed by atoms with Crippen LogP contribution in [-0.4, -0.2) is 48.3 Å². The molecule has 0 rings (SSSR count). The summed E-state index contributed by atoms with van der Waals surface area (Å²) >= 11 is 0. The van der Waals surface area contributed by atoms with Crippen molar-refractivity contribution in [3.05, 3.63) is 0 Å². The van der Waals surface area contributed by atoms with E-state index in [0.717, 1.165) is 5.06 Å². The summed E-state index contributed by atoms with van der Waals surface area (Å²) in [6, 6.07) is -0.627. The average Bonchev–Trinajstić information content (AvgIpc) is 2.01. The Hall–Kier alpha value is -0.790. The van der Waals surface area contributed by atoms with Crippen molar-refractivity contribution >= 4 is 5.97 Å². The van der Waals surface area contributed by atoms with Gasteiger partial charge in [0.15, 0.2) is 0 Å². The van der Waals surface area contributed by atoms with Crippen molar-refractivity contribution in [3.8, 4) is 0 Å². The summed E-state index contributed by atoms with van der Waals surface area (Å²) in [5, 5.41) is 9.91. The highest BCUT2D eigenvalue weighted by Crippen LogP contribution is 2.23. The van der Waals surface area contributed by atoms with Gasteiger partial charge in [0, 0.05) is 20.1 Å². The molecule has 5 nitrogen and oxygen atoms in total. The van der Waals surface area contributed by atoms with Crippen molar-refractivity contribution in [3.63, 3.8) is 0 Å². The van der Waals surface area contributed by atoms with Crippen LogP contribution in [0.1, 0.15) is 13.3 Å². The average molecular weight is 226 g/mol. The summed E-state index contributed by atoms with van der Waals surface area (Å²) in [5.41, 5.74) is 5.24. The normalized spacial score (nSPS) is 16.3. The second-order valence-electron chi connectivity index (χ2n) is 3.54. The third-order valence-electron chi connectivity index (χ3n) is 1.55. The van der Waals surface area contributed by atoms with Gasteiger partial charge in [0.2, 0.25) is 0 Å². The molecule has 0 radical (unpaired) electrons. The molecule has 7 heteroatoms. The fraction of sp³-hybridized carbons (Fsp3) is 0.875. The Morgan fingerprint density at radius 2 is 2.07 bits per heavy atom. The summed E-state index contributed by atoms with van der Waals surface area (Å²) in [7, 11) is 2.57. The molecule has 0 aliphatic rings. The van der Waals surface area contributed by atoms with E-state index in [1.165, 1.54) is 21.0 Å². The maximum atomic E-state index is 13.1. The van der Waals surface area contributed by atoms with E-state index in [0.29, 0.717) is 0 Å².